The van der Waals surface area contributed by atoms with Crippen molar-refractivity contribution in [3.05, 3.63) is 71.8 Å². The van der Waals surface area contributed by atoms with Gasteiger partial charge >= 0.3 is 5.97 Å². The number of nitrogens with zero attached hydrogens (tertiary/aromatic N) is 2. The molecule has 0 aliphatic heterocycles. The van der Waals surface area contributed by atoms with E-state index in [2.05, 4.69) is 10.1 Å². The fourth-order valence-electron chi connectivity index (χ4n) is 2.89. The van der Waals surface area contributed by atoms with E-state index in [0.717, 1.165) is 16.7 Å². The lowest BCUT2D eigenvalue weighted by Crippen LogP contribution is -2.03. The van der Waals surface area contributed by atoms with Gasteiger partial charge in [0.05, 0.1) is 23.8 Å². The molecule has 2 aromatic carbocycles. The molecular weight excluding hydrogens is 328 g/mol. The van der Waals surface area contributed by atoms with Gasteiger partial charge in [0.15, 0.2) is 0 Å². The molecule has 26 heavy (non-hydrogen) atoms. The Morgan fingerprint density at radius 1 is 1.00 bits per heavy atom. The Hall–Kier alpha value is -3.47. The highest BCUT2D eigenvalue weighted by atomic mass is 16.5. The molecule has 0 spiro atoms. The molecule has 0 unspecified atom stereocenters. The van der Waals surface area contributed by atoms with Crippen LogP contribution in [0.1, 0.15) is 15.9 Å². The summed E-state index contributed by atoms with van der Waals surface area (Å²) in [6.07, 6.45) is 0. The molecule has 5 heteroatoms. The number of benzene rings is 2. The van der Waals surface area contributed by atoms with Crippen molar-refractivity contribution in [1.29, 1.82) is 0 Å². The Morgan fingerprint density at radius 2 is 1.73 bits per heavy atom. The van der Waals surface area contributed by atoms with Crippen LogP contribution in [0.5, 0.6) is 0 Å². The van der Waals surface area contributed by atoms with Crippen LogP contribution in [0.25, 0.3) is 33.6 Å². The van der Waals surface area contributed by atoms with Gasteiger partial charge in [-0.05, 0) is 13.0 Å². The maximum absolute atomic E-state index is 12.4. The Morgan fingerprint density at radius 3 is 2.42 bits per heavy atom. The molecule has 128 valence electrons. The summed E-state index contributed by atoms with van der Waals surface area (Å²) in [5.41, 5.74) is 4.78. The van der Waals surface area contributed by atoms with Crippen LogP contribution in [0, 0.1) is 6.92 Å². The number of carbonyl (C=O) groups excluding carboxylic acids is 1. The van der Waals surface area contributed by atoms with Crippen LogP contribution in [-0.2, 0) is 4.74 Å². The third-order valence-corrected chi connectivity index (χ3v) is 4.25. The SMILES string of the molecule is COC(=O)c1cc(-c2ccc(C)cc2)nc2onc(-c3ccccc3)c12. The average molecular weight is 344 g/mol. The van der Waals surface area contributed by atoms with Crippen LogP contribution in [0.2, 0.25) is 0 Å². The van der Waals surface area contributed by atoms with E-state index in [1.54, 1.807) is 6.07 Å². The molecule has 2 aromatic heterocycles. The number of aromatic nitrogens is 2. The largest absolute Gasteiger partial charge is 0.465 e. The Balaban J connectivity index is 1.97. The molecule has 0 saturated carbocycles. The molecule has 0 fully saturated rings. The van der Waals surface area contributed by atoms with E-state index >= 15 is 0 Å². The summed E-state index contributed by atoms with van der Waals surface area (Å²) >= 11 is 0. The number of pyridine rings is 1. The first-order valence-electron chi connectivity index (χ1n) is 8.18. The average Bonchev–Trinajstić information content (AvgIpc) is 3.12. The zero-order chi connectivity index (χ0) is 18.1. The Bertz CT molecular complexity index is 1080. The van der Waals surface area contributed by atoms with Crippen LogP contribution in [0.4, 0.5) is 0 Å². The number of hydrogen-bond donors (Lipinski definition) is 0. The molecular formula is C21H16N2O3. The van der Waals surface area contributed by atoms with Gasteiger partial charge < -0.3 is 9.26 Å². The molecule has 0 bridgehead atoms. The summed E-state index contributed by atoms with van der Waals surface area (Å²) in [7, 11) is 1.36. The van der Waals surface area contributed by atoms with E-state index in [1.165, 1.54) is 7.11 Å². The van der Waals surface area contributed by atoms with E-state index in [0.29, 0.717) is 28.1 Å². The lowest BCUT2D eigenvalue weighted by molar-refractivity contribution is 0.0603. The van der Waals surface area contributed by atoms with Gasteiger partial charge in [-0.3, -0.25) is 0 Å². The number of esters is 1. The number of rotatable bonds is 3. The normalized spacial score (nSPS) is 10.8. The summed E-state index contributed by atoms with van der Waals surface area (Å²) in [5.74, 6) is -0.453. The lowest BCUT2D eigenvalue weighted by Gasteiger charge is -2.06. The van der Waals surface area contributed by atoms with Gasteiger partial charge in [0.25, 0.3) is 5.71 Å². The molecule has 5 nitrogen and oxygen atoms in total. The van der Waals surface area contributed by atoms with Crippen molar-refractivity contribution in [1.82, 2.24) is 10.1 Å². The summed E-state index contributed by atoms with van der Waals surface area (Å²) in [5, 5.41) is 4.70. The smallest absolute Gasteiger partial charge is 0.338 e. The highest BCUT2D eigenvalue weighted by Gasteiger charge is 2.22. The van der Waals surface area contributed by atoms with Crippen LogP contribution >= 0.6 is 0 Å². The molecule has 0 amide bonds. The first kappa shape index (κ1) is 16.0. The number of hydrogen-bond acceptors (Lipinski definition) is 5. The Kier molecular flexibility index (Phi) is 3.97. The number of methoxy groups -OCH3 is 1. The first-order valence-corrected chi connectivity index (χ1v) is 8.18. The number of ether oxygens (including phenoxy) is 1. The molecule has 4 rings (SSSR count). The second-order valence-electron chi connectivity index (χ2n) is 5.99. The summed E-state index contributed by atoms with van der Waals surface area (Å²) in [4.78, 5) is 17.0. The monoisotopic (exact) mass is 344 g/mol. The van der Waals surface area contributed by atoms with Gasteiger partial charge in [0.1, 0.15) is 5.69 Å². The summed E-state index contributed by atoms with van der Waals surface area (Å²) in [6, 6.07) is 19.2. The minimum absolute atomic E-state index is 0.308. The molecule has 0 aliphatic rings. The zero-order valence-corrected chi connectivity index (χ0v) is 14.4. The minimum Gasteiger partial charge on any atom is -0.465 e. The maximum Gasteiger partial charge on any atom is 0.338 e. The second kappa shape index (κ2) is 6.44. The van der Waals surface area contributed by atoms with E-state index in [-0.39, 0.29) is 0 Å². The van der Waals surface area contributed by atoms with Crippen molar-refractivity contribution in [2.24, 2.45) is 0 Å². The van der Waals surface area contributed by atoms with Crippen molar-refractivity contribution < 1.29 is 14.1 Å². The van der Waals surface area contributed by atoms with E-state index in [1.807, 2.05) is 61.5 Å². The zero-order valence-electron chi connectivity index (χ0n) is 14.4. The van der Waals surface area contributed by atoms with Crippen LogP contribution in [-0.4, -0.2) is 23.2 Å². The van der Waals surface area contributed by atoms with Gasteiger partial charge in [0, 0.05) is 11.1 Å². The van der Waals surface area contributed by atoms with Crippen molar-refractivity contribution in [2.45, 2.75) is 6.92 Å². The topological polar surface area (TPSA) is 65.2 Å². The van der Waals surface area contributed by atoms with Crippen molar-refractivity contribution >= 4 is 17.1 Å². The highest BCUT2D eigenvalue weighted by Crippen LogP contribution is 2.33. The van der Waals surface area contributed by atoms with Crippen LogP contribution < -0.4 is 0 Å². The van der Waals surface area contributed by atoms with Gasteiger partial charge in [-0.1, -0.05) is 65.3 Å². The molecule has 2 heterocycles. The lowest BCUT2D eigenvalue weighted by atomic mass is 10.0. The maximum atomic E-state index is 12.4. The van der Waals surface area contributed by atoms with E-state index in [4.69, 9.17) is 9.26 Å². The fraction of sp³-hybridized carbons (Fsp3) is 0.0952. The van der Waals surface area contributed by atoms with Crippen LogP contribution in [0.3, 0.4) is 0 Å². The van der Waals surface area contributed by atoms with Crippen molar-refractivity contribution in [2.75, 3.05) is 7.11 Å². The predicted molar refractivity (Wildman–Crippen MR) is 98.8 cm³/mol. The molecule has 0 saturated heterocycles. The number of fused-ring (bicyclic) bond motifs is 1. The number of carbonyl (C=O) groups is 1. The summed E-state index contributed by atoms with van der Waals surface area (Å²) in [6.45, 7) is 2.02. The third-order valence-electron chi connectivity index (χ3n) is 4.25. The van der Waals surface area contributed by atoms with E-state index in [9.17, 15) is 4.79 Å². The highest BCUT2D eigenvalue weighted by molar-refractivity contribution is 6.08. The Labute approximate surface area is 150 Å². The first-order chi connectivity index (χ1) is 12.7. The third kappa shape index (κ3) is 2.73. The fourth-order valence-corrected chi connectivity index (χ4v) is 2.89. The standard InChI is InChI=1S/C21H16N2O3/c1-13-8-10-14(11-9-13)17-12-16(21(24)25-2)18-19(23-26-20(18)22-17)15-6-4-3-5-7-15/h3-12H,1-2H3. The van der Waals surface area contributed by atoms with Crippen molar-refractivity contribution in [3.63, 3.8) is 0 Å². The quantitative estimate of drug-likeness (QED) is 0.506. The molecule has 0 N–H and O–H groups in total. The van der Waals surface area contributed by atoms with Gasteiger partial charge in [-0.25, -0.2) is 9.78 Å². The molecule has 0 radical (unpaired) electrons. The molecule has 4 aromatic rings. The minimum atomic E-state index is -0.453. The van der Waals surface area contributed by atoms with Gasteiger partial charge in [0.2, 0.25) is 0 Å². The van der Waals surface area contributed by atoms with Crippen molar-refractivity contribution in [3.8, 4) is 22.5 Å². The van der Waals surface area contributed by atoms with E-state index < -0.39 is 5.97 Å². The van der Waals surface area contributed by atoms with Crippen LogP contribution in [0.15, 0.2) is 65.2 Å². The molecule has 0 atom stereocenters. The predicted octanol–water partition coefficient (Wildman–Crippen LogP) is 4.65. The molecule has 0 aliphatic carbocycles. The number of aryl methyl sites for hydroxylation is 1. The summed E-state index contributed by atoms with van der Waals surface area (Å²) < 4.78 is 10.4. The van der Waals surface area contributed by atoms with Gasteiger partial charge in [-0.2, -0.15) is 0 Å². The van der Waals surface area contributed by atoms with Gasteiger partial charge in [-0.15, -0.1) is 0 Å². The second-order valence-corrected chi connectivity index (χ2v) is 5.99.